The molecule has 3 rings (SSSR count). The van der Waals surface area contributed by atoms with Gasteiger partial charge in [-0.25, -0.2) is 4.79 Å². The van der Waals surface area contributed by atoms with Gasteiger partial charge in [-0.2, -0.15) is 0 Å². The quantitative estimate of drug-likeness (QED) is 0.293. The van der Waals surface area contributed by atoms with Gasteiger partial charge in [0.05, 0.1) is 11.4 Å². The highest BCUT2D eigenvalue weighted by Gasteiger charge is 2.19. The third kappa shape index (κ3) is 8.33. The normalized spacial score (nSPS) is 13.2. The van der Waals surface area contributed by atoms with Crippen molar-refractivity contribution in [2.45, 2.75) is 26.3 Å². The number of carboxylic acid groups (broad SMARTS) is 1. The molecule has 0 saturated carbocycles. The average Bonchev–Trinajstić information content (AvgIpc) is 2.74. The van der Waals surface area contributed by atoms with E-state index >= 15 is 0 Å². The number of piperidine rings is 1. The second kappa shape index (κ2) is 13.8. The van der Waals surface area contributed by atoms with Crippen molar-refractivity contribution >= 4 is 42.5 Å². The lowest BCUT2D eigenvalue weighted by Gasteiger charge is -2.32. The van der Waals surface area contributed by atoms with Crippen LogP contribution in [-0.2, 0) is 6.54 Å². The summed E-state index contributed by atoms with van der Waals surface area (Å²) in [5.41, 5.74) is 8.99. The van der Waals surface area contributed by atoms with Crippen molar-refractivity contribution in [3.05, 3.63) is 59.2 Å². The first kappa shape index (κ1) is 30.4. The monoisotopic (exact) mass is 497 g/mol. The van der Waals surface area contributed by atoms with Crippen molar-refractivity contribution < 1.29 is 15.4 Å². The Labute approximate surface area is 206 Å². The fourth-order valence-electron chi connectivity index (χ4n) is 3.84. The zero-order valence-electron chi connectivity index (χ0n) is 18.6. The second-order valence-electron chi connectivity index (χ2n) is 7.86. The van der Waals surface area contributed by atoms with Gasteiger partial charge < -0.3 is 26.5 Å². The highest BCUT2D eigenvalue weighted by Crippen LogP contribution is 2.24. The van der Waals surface area contributed by atoms with E-state index in [-0.39, 0.29) is 41.7 Å². The number of nitrogens with zero attached hydrogens (tertiary/aromatic N) is 1. The summed E-state index contributed by atoms with van der Waals surface area (Å²) in [7, 11) is 0. The molecule has 1 saturated heterocycles. The molecule has 1 aliphatic heterocycles. The first-order valence-corrected chi connectivity index (χ1v) is 10.2. The standard InChI is InChI=1S/C23H29N5O2.2ClH.H2O/c1-15(24)28-7-5-16(6-8-28)13-27-14-17-9-20(12-21(10-17)23(29)30)18-3-2-4-19(11-18)22(25)26;;;/h2-4,9-12,16,24,27H,5-8,13-14H2,1H3,(H3,25,26)(H,29,30);2*1H;1H2. The number of benzene rings is 2. The van der Waals surface area contributed by atoms with E-state index in [0.717, 1.165) is 49.2 Å². The maximum absolute atomic E-state index is 11.6. The van der Waals surface area contributed by atoms with Crippen LogP contribution in [0, 0.1) is 16.7 Å². The van der Waals surface area contributed by atoms with Crippen molar-refractivity contribution in [2.24, 2.45) is 11.7 Å². The van der Waals surface area contributed by atoms with Crippen LogP contribution in [0.2, 0.25) is 0 Å². The number of amidine groups is 2. The van der Waals surface area contributed by atoms with E-state index in [9.17, 15) is 9.90 Å². The zero-order valence-corrected chi connectivity index (χ0v) is 20.2. The minimum Gasteiger partial charge on any atom is -0.478 e. The third-order valence-electron chi connectivity index (χ3n) is 5.60. The highest BCUT2D eigenvalue weighted by molar-refractivity contribution is 5.96. The lowest BCUT2D eigenvalue weighted by molar-refractivity contribution is 0.0696. The molecule has 0 atom stereocenters. The van der Waals surface area contributed by atoms with Gasteiger partial charge in [0, 0.05) is 25.2 Å². The molecular formula is C23H33Cl2N5O3. The van der Waals surface area contributed by atoms with Gasteiger partial charge >= 0.3 is 5.97 Å². The predicted octanol–water partition coefficient (Wildman–Crippen LogP) is 3.15. The molecule has 2 aromatic rings. The number of hydrogen-bond donors (Lipinski definition) is 5. The highest BCUT2D eigenvalue weighted by atomic mass is 35.5. The minimum absolute atomic E-state index is 0. The maximum Gasteiger partial charge on any atom is 0.335 e. The first-order chi connectivity index (χ1) is 14.3. The van der Waals surface area contributed by atoms with Gasteiger partial charge in [0.25, 0.3) is 0 Å². The molecule has 8 N–H and O–H groups in total. The van der Waals surface area contributed by atoms with E-state index < -0.39 is 5.97 Å². The number of hydrogen-bond acceptors (Lipinski definition) is 4. The molecule has 0 amide bonds. The van der Waals surface area contributed by atoms with Crippen LogP contribution in [0.4, 0.5) is 0 Å². The van der Waals surface area contributed by atoms with Gasteiger partial charge in [-0.05, 0) is 73.2 Å². The van der Waals surface area contributed by atoms with Crippen molar-refractivity contribution in [3.8, 4) is 11.1 Å². The summed E-state index contributed by atoms with van der Waals surface area (Å²) in [5.74, 6) is 0.218. The van der Waals surface area contributed by atoms with Crippen LogP contribution in [0.3, 0.4) is 0 Å². The smallest absolute Gasteiger partial charge is 0.335 e. The summed E-state index contributed by atoms with van der Waals surface area (Å²) < 4.78 is 0. The number of nitrogens with one attached hydrogen (secondary N) is 3. The lowest BCUT2D eigenvalue weighted by Crippen LogP contribution is -2.39. The molecule has 0 radical (unpaired) electrons. The number of nitrogen functional groups attached to an aromatic ring is 1. The molecule has 182 valence electrons. The van der Waals surface area contributed by atoms with Gasteiger partial charge in [-0.15, -0.1) is 24.8 Å². The van der Waals surface area contributed by atoms with Gasteiger partial charge in [0.15, 0.2) is 0 Å². The number of likely N-dealkylation sites (tertiary alicyclic amines) is 1. The molecule has 2 aromatic carbocycles. The number of carbonyl (C=O) groups is 1. The SMILES string of the molecule is CC(=N)N1CCC(CNCc2cc(C(=O)O)cc(-c3cccc(C(=N)N)c3)c2)CC1.Cl.Cl.O. The third-order valence-corrected chi connectivity index (χ3v) is 5.60. The minimum atomic E-state index is -0.963. The Hall–Kier alpha value is -2.65. The number of carboxylic acids is 1. The van der Waals surface area contributed by atoms with Crippen LogP contribution < -0.4 is 11.1 Å². The largest absolute Gasteiger partial charge is 0.478 e. The molecule has 0 spiro atoms. The van der Waals surface area contributed by atoms with Crippen molar-refractivity contribution in [3.63, 3.8) is 0 Å². The molecule has 1 aliphatic rings. The summed E-state index contributed by atoms with van der Waals surface area (Å²) in [6.45, 7) is 5.14. The number of rotatable bonds is 7. The zero-order chi connectivity index (χ0) is 21.7. The van der Waals surface area contributed by atoms with E-state index in [0.29, 0.717) is 23.9 Å². The number of nitrogens with two attached hydrogens (primary N) is 1. The summed E-state index contributed by atoms with van der Waals surface area (Å²) in [5, 5.41) is 28.4. The Morgan fingerprint density at radius 1 is 1.09 bits per heavy atom. The Morgan fingerprint density at radius 3 is 2.30 bits per heavy atom. The lowest BCUT2D eigenvalue weighted by atomic mass is 9.96. The Morgan fingerprint density at radius 2 is 1.73 bits per heavy atom. The second-order valence-corrected chi connectivity index (χ2v) is 7.86. The Bertz CT molecular complexity index is 963. The Balaban J connectivity index is 0.00000341. The fraction of sp³-hybridized carbons (Fsp3) is 0.348. The molecule has 8 nitrogen and oxygen atoms in total. The van der Waals surface area contributed by atoms with Gasteiger partial charge in [0.1, 0.15) is 5.84 Å². The Kier molecular flexibility index (Phi) is 12.7. The van der Waals surface area contributed by atoms with Crippen LogP contribution in [0.15, 0.2) is 42.5 Å². The summed E-state index contributed by atoms with van der Waals surface area (Å²) in [6.07, 6.45) is 2.11. The van der Waals surface area contributed by atoms with E-state index in [1.807, 2.05) is 25.1 Å². The molecule has 0 aromatic heterocycles. The molecule has 33 heavy (non-hydrogen) atoms. The first-order valence-electron chi connectivity index (χ1n) is 10.2. The maximum atomic E-state index is 11.6. The van der Waals surface area contributed by atoms with Crippen molar-refractivity contribution in [1.82, 2.24) is 10.2 Å². The summed E-state index contributed by atoms with van der Waals surface area (Å²) >= 11 is 0. The van der Waals surface area contributed by atoms with Crippen LogP contribution in [0.25, 0.3) is 11.1 Å². The van der Waals surface area contributed by atoms with E-state index in [1.54, 1.807) is 24.3 Å². The van der Waals surface area contributed by atoms with Crippen LogP contribution in [-0.4, -0.2) is 52.8 Å². The van der Waals surface area contributed by atoms with Crippen LogP contribution >= 0.6 is 24.8 Å². The number of aromatic carboxylic acids is 1. The van der Waals surface area contributed by atoms with Crippen molar-refractivity contribution in [2.75, 3.05) is 19.6 Å². The summed E-state index contributed by atoms with van der Waals surface area (Å²) in [6, 6.07) is 12.6. The van der Waals surface area contributed by atoms with Gasteiger partial charge in [-0.1, -0.05) is 18.2 Å². The fourth-order valence-corrected chi connectivity index (χ4v) is 3.84. The molecule has 10 heteroatoms. The average molecular weight is 498 g/mol. The molecule has 0 unspecified atom stereocenters. The topological polar surface area (TPSA) is 158 Å². The van der Waals surface area contributed by atoms with Gasteiger partial charge in [0.2, 0.25) is 0 Å². The molecular weight excluding hydrogens is 465 g/mol. The molecule has 1 fully saturated rings. The predicted molar refractivity (Wildman–Crippen MR) is 137 cm³/mol. The van der Waals surface area contributed by atoms with Gasteiger partial charge in [-0.3, -0.25) is 10.8 Å². The molecule has 0 aliphatic carbocycles. The van der Waals surface area contributed by atoms with Crippen LogP contribution in [0.1, 0.15) is 41.3 Å². The van der Waals surface area contributed by atoms with E-state index in [4.69, 9.17) is 16.6 Å². The van der Waals surface area contributed by atoms with Crippen LogP contribution in [0.5, 0.6) is 0 Å². The molecule has 0 bridgehead atoms. The van der Waals surface area contributed by atoms with Crippen molar-refractivity contribution in [1.29, 1.82) is 10.8 Å². The summed E-state index contributed by atoms with van der Waals surface area (Å²) in [4.78, 5) is 13.7. The number of halogens is 2. The van der Waals surface area contributed by atoms with E-state index in [1.165, 1.54) is 0 Å². The molecule has 1 heterocycles. The van der Waals surface area contributed by atoms with E-state index in [2.05, 4.69) is 10.2 Å².